The van der Waals surface area contributed by atoms with Gasteiger partial charge in [-0.05, 0) is 112 Å². The molecule has 0 saturated carbocycles. The molecule has 0 bridgehead atoms. The number of nitrogens with zero attached hydrogens (tertiary/aromatic N) is 2. The number of carboxylic acid groups (broad SMARTS) is 1. The Hall–Kier alpha value is -11.8. The average molecular weight is 1540 g/mol. The number of carbonyl (C=O) groups excluding carboxylic acids is 14. The Morgan fingerprint density at radius 1 is 0.555 bits per heavy atom. The number of likely N-dealkylation sites (tertiary alicyclic amines) is 1. The molecule has 600 valence electrons. The lowest BCUT2D eigenvalue weighted by Crippen LogP contribution is -2.61. The molecule has 110 heavy (non-hydrogen) atoms. The number of rotatable bonds is 45. The van der Waals surface area contributed by atoms with Crippen molar-refractivity contribution in [2.45, 2.75) is 197 Å². The first-order valence-electron chi connectivity index (χ1n) is 36.5. The molecule has 24 N–H and O–H groups in total. The number of aliphatic imine (C=N–C) groups is 1. The number of phenolic OH excluding ortho intramolecular Hbond substituents is 1. The number of nitrogens with two attached hydrogens (primary N) is 4. The van der Waals surface area contributed by atoms with Gasteiger partial charge in [-0.1, -0.05) is 81.4 Å². The number of primary amides is 2. The predicted molar refractivity (Wildman–Crippen MR) is 401 cm³/mol. The number of urea groups is 1. The molecule has 37 nitrogen and oxygen atoms in total. The van der Waals surface area contributed by atoms with Crippen molar-refractivity contribution in [1.82, 2.24) is 73.7 Å². The maximum atomic E-state index is 14.5. The third-order valence-electron chi connectivity index (χ3n) is 17.8. The number of hydrogen-bond acceptors (Lipinski definition) is 18. The quantitative estimate of drug-likeness (QED) is 0.0119. The summed E-state index contributed by atoms with van der Waals surface area (Å²) in [5.74, 6) is -12.8. The van der Waals surface area contributed by atoms with E-state index in [0.29, 0.717) is 53.4 Å². The number of unbranched alkanes of at least 4 members (excludes halogenated alkanes) is 1. The maximum absolute atomic E-state index is 14.5. The van der Waals surface area contributed by atoms with Gasteiger partial charge in [0, 0.05) is 81.8 Å². The van der Waals surface area contributed by atoms with Crippen LogP contribution in [-0.4, -0.2) is 219 Å². The zero-order chi connectivity index (χ0) is 81.1. The molecule has 1 saturated heterocycles. The summed E-state index contributed by atoms with van der Waals surface area (Å²) in [6.45, 7) is 7.46. The summed E-state index contributed by atoms with van der Waals surface area (Å²) in [6.07, 6.45) is 1.30. The number of amides is 15. The van der Waals surface area contributed by atoms with Gasteiger partial charge in [0.05, 0.1) is 12.6 Å². The van der Waals surface area contributed by atoms with E-state index < -0.39 is 169 Å². The molecular formula is C73H105N19O18. The van der Waals surface area contributed by atoms with E-state index in [1.54, 1.807) is 81.6 Å². The number of benzene rings is 3. The van der Waals surface area contributed by atoms with Crippen LogP contribution in [-0.2, 0) is 86.4 Å². The maximum Gasteiger partial charge on any atom is 0.344 e. The predicted octanol–water partition coefficient (Wildman–Crippen LogP) is -3.02. The molecule has 0 spiro atoms. The summed E-state index contributed by atoms with van der Waals surface area (Å²) in [7, 11) is 0. The number of aliphatic hydroxyl groups excluding tert-OH is 1. The largest absolute Gasteiger partial charge is 0.508 e. The highest BCUT2D eigenvalue weighted by atomic mass is 16.4. The number of carboxylic acids is 1. The normalized spacial score (nSPS) is 15.4. The van der Waals surface area contributed by atoms with Gasteiger partial charge in [0.15, 0.2) is 5.96 Å². The smallest absolute Gasteiger partial charge is 0.344 e. The molecule has 1 aliphatic rings. The Balaban J connectivity index is 1.25. The van der Waals surface area contributed by atoms with Crippen molar-refractivity contribution in [1.29, 1.82) is 0 Å². The van der Waals surface area contributed by atoms with Crippen LogP contribution in [0.4, 0.5) is 4.79 Å². The second kappa shape index (κ2) is 45.1. The fourth-order valence-electron chi connectivity index (χ4n) is 11.8. The monoisotopic (exact) mass is 1540 g/mol. The topological polar surface area (TPSA) is 597 Å². The van der Waals surface area contributed by atoms with Gasteiger partial charge < -0.3 is 112 Å². The van der Waals surface area contributed by atoms with Crippen LogP contribution in [0.1, 0.15) is 128 Å². The SMILES string of the molecule is CCC(=O)NCCCCNC(=O)N=C(N)NCCC[C@H](NC(=O)[C@H](CCC(N)=O)NC(=O)[C@@H]1CCCN1C(=O)[C@H](C)NC(=O)[C@H](C)NC(=O)[C@H](CC(C)C)NC(=O)[C@H](CO)NC(=O)[C@H](Cc1c[nH]c2ccccc12)NC(=O)[C@H](Cc1ccc(O)cc1)NC(=O)[C@@H](N)CCC(=O)O)C(=O)N[C@@H](Cc1ccccc1)C(N)=O. The van der Waals surface area contributed by atoms with Crippen molar-refractivity contribution in [2.24, 2.45) is 33.8 Å². The second-order valence-electron chi connectivity index (χ2n) is 27.2. The molecule has 37 heteroatoms. The Morgan fingerprint density at radius 3 is 1.73 bits per heavy atom. The summed E-state index contributed by atoms with van der Waals surface area (Å²) in [4.78, 5) is 209. The number of fused-ring (bicyclic) bond motifs is 1. The Kier molecular flexibility index (Phi) is 36.5. The van der Waals surface area contributed by atoms with Crippen LogP contribution in [0.25, 0.3) is 10.9 Å². The van der Waals surface area contributed by atoms with Gasteiger partial charge in [-0.2, -0.15) is 4.99 Å². The standard InChI is InChI=1S/C73H105N19O18/c1-6-59(96)78-30-12-13-31-80-73(110)91-72(77)79-32-14-20-50(64(102)86-52(61(76)99)35-43-16-8-7-9-17-43)84-65(103)51(27-28-58(75)95)85-70(108)57-21-15-33-92(57)71(109)42(5)83-62(100)41(4)82-66(104)53(34-40(2)3)88-69(107)56(39-93)90-68(106)55(37-45-38-81-49-19-11-10-18-47(45)49)89-67(105)54(36-44-22-24-46(94)25-23-44)87-63(101)48(74)26-29-60(97)98/h7-11,16-19,22-25,38,40-42,48,50-57,81,93-94H,6,12-15,20-21,26-37,39,74H2,1-5H3,(H2,75,95)(H2,76,99)(H,78,96)(H,82,104)(H,83,100)(H,84,103)(H,85,108)(H,86,102)(H,87,101)(H,88,107)(H,89,105)(H,90,106)(H,97,98)(H4,77,79,80,91,110)/t41-,42-,48-,50-,51-,52-,53-,54-,55-,56-,57-/m0/s1. The van der Waals surface area contributed by atoms with Crippen LogP contribution in [0.2, 0.25) is 0 Å². The number of aromatic hydroxyl groups is 1. The molecule has 1 fully saturated rings. The van der Waals surface area contributed by atoms with Crippen molar-refractivity contribution in [3.63, 3.8) is 0 Å². The van der Waals surface area contributed by atoms with Gasteiger partial charge in [-0.15, -0.1) is 0 Å². The van der Waals surface area contributed by atoms with E-state index in [4.69, 9.17) is 22.9 Å². The summed E-state index contributed by atoms with van der Waals surface area (Å²) in [6, 6.07) is 4.78. The van der Waals surface area contributed by atoms with Gasteiger partial charge in [-0.3, -0.25) is 67.1 Å². The number of para-hydroxylation sites is 1. The zero-order valence-electron chi connectivity index (χ0n) is 62.3. The number of nitrogens with one attached hydrogen (secondary N) is 13. The Bertz CT molecular complexity index is 3880. The minimum atomic E-state index is -1.77. The van der Waals surface area contributed by atoms with Crippen LogP contribution < -0.4 is 86.7 Å². The number of aromatic amines is 1. The Morgan fingerprint density at radius 2 is 1.09 bits per heavy atom. The lowest BCUT2D eigenvalue weighted by Gasteiger charge is -2.30. The molecule has 0 aliphatic carbocycles. The minimum Gasteiger partial charge on any atom is -0.508 e. The van der Waals surface area contributed by atoms with Crippen molar-refractivity contribution in [3.05, 3.63) is 102 Å². The third kappa shape index (κ3) is 30.1. The molecule has 4 aromatic rings. The van der Waals surface area contributed by atoms with Crippen LogP contribution in [0.5, 0.6) is 5.75 Å². The second-order valence-corrected chi connectivity index (χ2v) is 27.2. The molecular weight excluding hydrogens is 1430 g/mol. The molecule has 15 amide bonds. The molecule has 0 unspecified atom stereocenters. The first-order valence-corrected chi connectivity index (χ1v) is 36.5. The highest BCUT2D eigenvalue weighted by molar-refractivity contribution is 6.00. The van der Waals surface area contributed by atoms with Crippen LogP contribution in [0.15, 0.2) is 90.1 Å². The van der Waals surface area contributed by atoms with Crippen molar-refractivity contribution in [3.8, 4) is 5.75 Å². The molecule has 1 aromatic heterocycles. The number of aromatic nitrogens is 1. The fourth-order valence-corrected chi connectivity index (χ4v) is 11.8. The Labute approximate surface area is 635 Å². The number of carbonyl (C=O) groups is 15. The summed E-state index contributed by atoms with van der Waals surface area (Å²) >= 11 is 0. The number of aliphatic carboxylic acids is 1. The summed E-state index contributed by atoms with van der Waals surface area (Å²) < 4.78 is 0. The van der Waals surface area contributed by atoms with E-state index in [9.17, 15) is 87.2 Å². The van der Waals surface area contributed by atoms with Crippen molar-refractivity contribution >= 4 is 106 Å². The highest BCUT2D eigenvalue weighted by Gasteiger charge is 2.40. The molecule has 11 atom stereocenters. The molecule has 3 aromatic carbocycles. The van der Waals surface area contributed by atoms with Crippen LogP contribution >= 0.6 is 0 Å². The molecule has 2 heterocycles. The number of H-pyrrole nitrogens is 1. The summed E-state index contributed by atoms with van der Waals surface area (Å²) in [5.41, 5.74) is 25.5. The van der Waals surface area contributed by atoms with Gasteiger partial charge >= 0.3 is 12.0 Å². The molecule has 1 aliphatic heterocycles. The number of hydrogen-bond donors (Lipinski definition) is 20. The fraction of sp³-hybridized carbons (Fsp3) is 0.507. The van der Waals surface area contributed by atoms with E-state index in [1.807, 2.05) is 0 Å². The lowest BCUT2D eigenvalue weighted by atomic mass is 10.0. The number of guanidine groups is 1. The first kappa shape index (κ1) is 88.9. The first-order chi connectivity index (χ1) is 52.3. The lowest BCUT2D eigenvalue weighted by molar-refractivity contribution is -0.142. The molecule has 0 radical (unpaired) electrons. The van der Waals surface area contributed by atoms with Crippen LogP contribution in [0.3, 0.4) is 0 Å². The van der Waals surface area contributed by atoms with Gasteiger partial charge in [-0.25, -0.2) is 4.79 Å². The molecule has 5 rings (SSSR count). The van der Waals surface area contributed by atoms with Gasteiger partial charge in [0.2, 0.25) is 76.8 Å². The van der Waals surface area contributed by atoms with E-state index in [2.05, 4.69) is 73.8 Å². The van der Waals surface area contributed by atoms with Crippen molar-refractivity contribution < 1.29 is 87.2 Å². The number of aliphatic hydroxyl groups is 1. The van der Waals surface area contributed by atoms with E-state index >= 15 is 0 Å². The number of phenols is 1. The minimum absolute atomic E-state index is 0.00111. The van der Waals surface area contributed by atoms with Crippen LogP contribution in [0, 0.1) is 5.92 Å². The van der Waals surface area contributed by atoms with E-state index in [0.717, 1.165) is 0 Å². The van der Waals surface area contributed by atoms with E-state index in [1.165, 1.54) is 43.0 Å². The van der Waals surface area contributed by atoms with E-state index in [-0.39, 0.29) is 107 Å². The third-order valence-corrected chi connectivity index (χ3v) is 17.8. The van der Waals surface area contributed by atoms with Crippen molar-refractivity contribution in [2.75, 3.05) is 32.8 Å². The van der Waals surface area contributed by atoms with Gasteiger partial charge in [0.1, 0.15) is 66.2 Å². The summed E-state index contributed by atoms with van der Waals surface area (Å²) in [5, 5.41) is 61.5. The zero-order valence-corrected chi connectivity index (χ0v) is 62.3. The highest BCUT2D eigenvalue weighted by Crippen LogP contribution is 2.22. The van der Waals surface area contributed by atoms with Gasteiger partial charge in [0.25, 0.3) is 0 Å². The average Bonchev–Trinajstić information content (AvgIpc) is 1.65.